The zero-order valence-corrected chi connectivity index (χ0v) is 11.2. The molecule has 0 aromatic carbocycles. The molecule has 1 aromatic rings. The molecule has 0 unspecified atom stereocenters. The number of hydrogen-bond donors (Lipinski definition) is 0. The predicted octanol–water partition coefficient (Wildman–Crippen LogP) is 4.30. The van der Waals surface area contributed by atoms with Crippen LogP contribution in [0, 0.1) is 27.7 Å². The summed E-state index contributed by atoms with van der Waals surface area (Å²) in [6, 6.07) is 0. The van der Waals surface area contributed by atoms with E-state index in [-0.39, 0.29) is 0 Å². The monoisotopic (exact) mass is 215 g/mol. The quantitative estimate of drug-likeness (QED) is 0.658. The van der Waals surface area contributed by atoms with Gasteiger partial charge in [0.1, 0.15) is 0 Å². The van der Waals surface area contributed by atoms with E-state index in [2.05, 4.69) is 52.2 Å². The summed E-state index contributed by atoms with van der Waals surface area (Å²) in [5.41, 5.74) is 9.96. The van der Waals surface area contributed by atoms with Crippen LogP contribution in [-0.4, -0.2) is 4.57 Å². The lowest BCUT2D eigenvalue weighted by Gasteiger charge is -2.14. The third-order valence-electron chi connectivity index (χ3n) is 4.03. The Morgan fingerprint density at radius 1 is 0.875 bits per heavy atom. The third kappa shape index (κ3) is 1.38. The van der Waals surface area contributed by atoms with Gasteiger partial charge in [-0.3, -0.25) is 0 Å². The molecule has 0 fully saturated rings. The van der Waals surface area contributed by atoms with Crippen LogP contribution in [0.1, 0.15) is 42.8 Å². The van der Waals surface area contributed by atoms with E-state index in [0.29, 0.717) is 0 Å². The van der Waals surface area contributed by atoms with E-state index in [1.54, 1.807) is 0 Å². The van der Waals surface area contributed by atoms with Crippen LogP contribution in [0.3, 0.4) is 0 Å². The van der Waals surface area contributed by atoms with Crippen LogP contribution in [0.5, 0.6) is 0 Å². The minimum atomic E-state index is 1.11. The lowest BCUT2D eigenvalue weighted by atomic mass is 10.2. The Morgan fingerprint density at radius 2 is 1.38 bits per heavy atom. The molecule has 2 rings (SSSR count). The molecule has 0 atom stereocenters. The summed E-state index contributed by atoms with van der Waals surface area (Å²) in [6.07, 6.45) is 3.44. The van der Waals surface area contributed by atoms with Gasteiger partial charge < -0.3 is 4.57 Å². The van der Waals surface area contributed by atoms with Gasteiger partial charge in [0.25, 0.3) is 0 Å². The largest absolute Gasteiger partial charge is 0.318 e. The van der Waals surface area contributed by atoms with Crippen molar-refractivity contribution < 1.29 is 0 Å². The lowest BCUT2D eigenvalue weighted by molar-refractivity contribution is 0.968. The van der Waals surface area contributed by atoms with E-state index < -0.39 is 0 Å². The molecule has 0 radical (unpaired) electrons. The Bertz CT molecular complexity index is 485. The molecule has 0 amide bonds. The molecule has 1 aliphatic rings. The Labute approximate surface area is 98.5 Å². The smallest absolute Gasteiger partial charge is 0.0473 e. The van der Waals surface area contributed by atoms with Crippen molar-refractivity contribution in [1.29, 1.82) is 0 Å². The standard InChI is InChI=1S/C15H21N/c1-9-7-8-10(2)15(9)16-13(5)11(3)12(4)14(16)6/h7H,8H2,1-6H3. The van der Waals surface area contributed by atoms with Crippen LogP contribution >= 0.6 is 0 Å². The third-order valence-corrected chi connectivity index (χ3v) is 4.03. The van der Waals surface area contributed by atoms with E-state index in [1.165, 1.54) is 39.4 Å². The van der Waals surface area contributed by atoms with Crippen molar-refractivity contribution in [2.75, 3.05) is 0 Å². The summed E-state index contributed by atoms with van der Waals surface area (Å²) in [7, 11) is 0. The normalized spacial score (nSPS) is 16.0. The van der Waals surface area contributed by atoms with Crippen LogP contribution in [0.15, 0.2) is 17.2 Å². The average Bonchev–Trinajstić information content (AvgIpc) is 2.65. The summed E-state index contributed by atoms with van der Waals surface area (Å²) in [4.78, 5) is 0. The second-order valence-corrected chi connectivity index (χ2v) is 4.98. The van der Waals surface area contributed by atoms with Gasteiger partial charge >= 0.3 is 0 Å². The summed E-state index contributed by atoms with van der Waals surface area (Å²) in [5.74, 6) is 0. The highest BCUT2D eigenvalue weighted by Crippen LogP contribution is 2.34. The summed E-state index contributed by atoms with van der Waals surface area (Å²) < 4.78 is 2.43. The Kier molecular flexibility index (Phi) is 2.57. The molecule has 0 bridgehead atoms. The Hall–Kier alpha value is -1.24. The first kappa shape index (κ1) is 11.3. The second-order valence-electron chi connectivity index (χ2n) is 4.98. The summed E-state index contributed by atoms with van der Waals surface area (Å²) >= 11 is 0. The van der Waals surface area contributed by atoms with E-state index in [1.807, 2.05) is 0 Å². The fraction of sp³-hybridized carbons (Fsp3) is 0.467. The fourth-order valence-corrected chi connectivity index (χ4v) is 2.67. The van der Waals surface area contributed by atoms with Gasteiger partial charge in [0.05, 0.1) is 0 Å². The van der Waals surface area contributed by atoms with Gasteiger partial charge in [-0.1, -0.05) is 6.08 Å². The molecule has 0 saturated carbocycles. The van der Waals surface area contributed by atoms with E-state index in [0.717, 1.165) is 6.42 Å². The number of rotatable bonds is 1. The molecule has 0 N–H and O–H groups in total. The SMILES string of the molecule is CC1=CCC(C)=C1n1c(C)c(C)c(C)c1C. The van der Waals surface area contributed by atoms with Gasteiger partial charge in [-0.2, -0.15) is 0 Å². The molecular formula is C15H21N. The Balaban J connectivity index is 2.71. The maximum absolute atomic E-state index is 2.43. The number of allylic oxidation sites excluding steroid dienone is 4. The highest BCUT2D eigenvalue weighted by atomic mass is 15.0. The molecule has 16 heavy (non-hydrogen) atoms. The second kappa shape index (κ2) is 3.65. The molecule has 1 heteroatoms. The molecule has 1 nitrogen and oxygen atoms in total. The molecule has 1 heterocycles. The van der Waals surface area contributed by atoms with Crippen LogP contribution in [0.2, 0.25) is 0 Å². The molecule has 0 saturated heterocycles. The molecule has 1 aliphatic carbocycles. The van der Waals surface area contributed by atoms with E-state index in [9.17, 15) is 0 Å². The number of aromatic nitrogens is 1. The predicted molar refractivity (Wildman–Crippen MR) is 70.6 cm³/mol. The number of hydrogen-bond acceptors (Lipinski definition) is 0. The van der Waals surface area contributed by atoms with Crippen LogP contribution in [-0.2, 0) is 0 Å². The highest BCUT2D eigenvalue weighted by Gasteiger charge is 2.19. The minimum absolute atomic E-state index is 1.11. The first-order chi connectivity index (χ1) is 7.45. The van der Waals surface area contributed by atoms with Gasteiger partial charge in [-0.15, -0.1) is 0 Å². The molecular weight excluding hydrogens is 194 g/mol. The van der Waals surface area contributed by atoms with Crippen molar-refractivity contribution in [2.24, 2.45) is 0 Å². The van der Waals surface area contributed by atoms with Crippen LogP contribution < -0.4 is 0 Å². The summed E-state index contributed by atoms with van der Waals surface area (Å²) in [5, 5.41) is 0. The van der Waals surface area contributed by atoms with Gasteiger partial charge in [0.2, 0.25) is 0 Å². The topological polar surface area (TPSA) is 4.93 Å². The van der Waals surface area contributed by atoms with E-state index in [4.69, 9.17) is 0 Å². The number of nitrogens with zero attached hydrogens (tertiary/aromatic N) is 1. The molecule has 1 aromatic heterocycles. The van der Waals surface area contributed by atoms with Crippen molar-refractivity contribution in [2.45, 2.75) is 48.0 Å². The Morgan fingerprint density at radius 3 is 1.75 bits per heavy atom. The zero-order valence-electron chi connectivity index (χ0n) is 11.2. The zero-order chi connectivity index (χ0) is 12.0. The maximum Gasteiger partial charge on any atom is 0.0473 e. The van der Waals surface area contributed by atoms with Crippen molar-refractivity contribution in [3.05, 3.63) is 39.7 Å². The highest BCUT2D eigenvalue weighted by molar-refractivity contribution is 5.72. The maximum atomic E-state index is 2.43. The average molecular weight is 215 g/mol. The van der Waals surface area contributed by atoms with Crippen molar-refractivity contribution in [1.82, 2.24) is 4.57 Å². The molecule has 0 spiro atoms. The van der Waals surface area contributed by atoms with Gasteiger partial charge in [0, 0.05) is 17.1 Å². The lowest BCUT2D eigenvalue weighted by Crippen LogP contribution is -2.03. The first-order valence-corrected chi connectivity index (χ1v) is 5.97. The van der Waals surface area contributed by atoms with Crippen molar-refractivity contribution in [3.8, 4) is 0 Å². The first-order valence-electron chi connectivity index (χ1n) is 5.97. The van der Waals surface area contributed by atoms with Gasteiger partial charge in [-0.25, -0.2) is 0 Å². The summed E-state index contributed by atoms with van der Waals surface area (Å²) in [6.45, 7) is 13.3. The van der Waals surface area contributed by atoms with Crippen LogP contribution in [0.25, 0.3) is 5.70 Å². The fourth-order valence-electron chi connectivity index (χ4n) is 2.67. The molecule has 86 valence electrons. The molecule has 0 aliphatic heterocycles. The van der Waals surface area contributed by atoms with Crippen LogP contribution in [0.4, 0.5) is 0 Å². The van der Waals surface area contributed by atoms with Crippen molar-refractivity contribution >= 4 is 5.70 Å². The van der Waals surface area contributed by atoms with Gasteiger partial charge in [0.15, 0.2) is 0 Å². The minimum Gasteiger partial charge on any atom is -0.318 e. The van der Waals surface area contributed by atoms with Crippen molar-refractivity contribution in [3.63, 3.8) is 0 Å². The van der Waals surface area contributed by atoms with Gasteiger partial charge in [-0.05, 0) is 70.2 Å². The van der Waals surface area contributed by atoms with E-state index >= 15 is 0 Å².